The van der Waals surface area contributed by atoms with Gasteiger partial charge in [0.15, 0.2) is 6.29 Å². The molecule has 7 heteroatoms. The van der Waals surface area contributed by atoms with E-state index in [9.17, 15) is 4.79 Å². The minimum absolute atomic E-state index is 0.00777. The summed E-state index contributed by atoms with van der Waals surface area (Å²) in [5.74, 6) is 0.977. The Hall–Kier alpha value is -2.34. The third-order valence-corrected chi connectivity index (χ3v) is 2.68. The monoisotopic (exact) mass is 278 g/mol. The van der Waals surface area contributed by atoms with Crippen LogP contribution in [-0.2, 0) is 0 Å². The van der Waals surface area contributed by atoms with E-state index in [4.69, 9.17) is 22.1 Å². The molecule has 0 saturated carbocycles. The summed E-state index contributed by atoms with van der Waals surface area (Å²) in [6.45, 7) is 0. The fraction of sp³-hybridized carbons (Fsp3) is 0.0833. The third-order valence-electron chi connectivity index (χ3n) is 2.39. The van der Waals surface area contributed by atoms with Gasteiger partial charge in [-0.05, 0) is 24.3 Å². The van der Waals surface area contributed by atoms with Crippen molar-refractivity contribution in [1.82, 2.24) is 9.97 Å². The first kappa shape index (κ1) is 13.1. The molecule has 6 nitrogen and oxygen atoms in total. The molecule has 0 aliphatic heterocycles. The number of hydrogen-bond acceptors (Lipinski definition) is 6. The number of halogens is 1. The van der Waals surface area contributed by atoms with Gasteiger partial charge in [0.1, 0.15) is 16.7 Å². The van der Waals surface area contributed by atoms with Crippen molar-refractivity contribution in [3.63, 3.8) is 0 Å². The van der Waals surface area contributed by atoms with Gasteiger partial charge in [-0.15, -0.1) is 0 Å². The van der Waals surface area contributed by atoms with Gasteiger partial charge < -0.3 is 15.8 Å². The molecular formula is C12H11ClN4O2. The molecule has 0 aliphatic carbocycles. The van der Waals surface area contributed by atoms with Crippen LogP contribution in [0.25, 0.3) is 0 Å². The normalized spacial score (nSPS) is 10.0. The zero-order valence-corrected chi connectivity index (χ0v) is 10.8. The van der Waals surface area contributed by atoms with Gasteiger partial charge in [-0.25, -0.2) is 4.98 Å². The first-order valence-corrected chi connectivity index (χ1v) is 5.71. The van der Waals surface area contributed by atoms with Gasteiger partial charge >= 0.3 is 0 Å². The fourth-order valence-corrected chi connectivity index (χ4v) is 1.69. The van der Waals surface area contributed by atoms with E-state index in [2.05, 4.69) is 15.3 Å². The number of carbonyl (C=O) groups is 1. The Morgan fingerprint density at radius 3 is 2.58 bits per heavy atom. The zero-order chi connectivity index (χ0) is 13.8. The van der Waals surface area contributed by atoms with E-state index in [1.165, 1.54) is 0 Å². The lowest BCUT2D eigenvalue weighted by molar-refractivity contribution is 0.112. The van der Waals surface area contributed by atoms with Crippen LogP contribution < -0.4 is 15.8 Å². The molecule has 1 aromatic heterocycles. The molecule has 0 radical (unpaired) electrons. The molecule has 0 amide bonds. The van der Waals surface area contributed by atoms with Gasteiger partial charge in [0.2, 0.25) is 5.95 Å². The summed E-state index contributed by atoms with van der Waals surface area (Å²) in [4.78, 5) is 18.7. The maximum Gasteiger partial charge on any atom is 0.223 e. The maximum atomic E-state index is 11.0. The Balaban J connectivity index is 2.34. The fourth-order valence-electron chi connectivity index (χ4n) is 1.47. The standard InChI is InChI=1S/C12H11ClN4O2/c1-19-8-4-2-7(3-5-8)15-11-9(6-18)10(13)16-12(14)17-11/h2-6H,1H3,(H3,14,15,16,17). The molecule has 0 spiro atoms. The van der Waals surface area contributed by atoms with Gasteiger partial charge in [0, 0.05) is 5.69 Å². The lowest BCUT2D eigenvalue weighted by Crippen LogP contribution is -2.05. The lowest BCUT2D eigenvalue weighted by Gasteiger charge is -2.09. The second kappa shape index (κ2) is 5.53. The molecule has 0 fully saturated rings. The van der Waals surface area contributed by atoms with Gasteiger partial charge in [-0.3, -0.25) is 4.79 Å². The number of aromatic nitrogens is 2. The Morgan fingerprint density at radius 2 is 2.00 bits per heavy atom. The van der Waals surface area contributed by atoms with E-state index in [-0.39, 0.29) is 22.5 Å². The number of nitrogens with two attached hydrogens (primary N) is 1. The molecule has 2 aromatic rings. The number of benzene rings is 1. The highest BCUT2D eigenvalue weighted by Crippen LogP contribution is 2.24. The van der Waals surface area contributed by atoms with Gasteiger partial charge in [0.05, 0.1) is 12.7 Å². The summed E-state index contributed by atoms with van der Waals surface area (Å²) >= 11 is 5.83. The number of hydrogen-bond donors (Lipinski definition) is 2. The number of nitrogens with one attached hydrogen (secondary N) is 1. The van der Waals surface area contributed by atoms with Gasteiger partial charge in [-0.2, -0.15) is 4.98 Å². The van der Waals surface area contributed by atoms with Crippen LogP contribution in [0.1, 0.15) is 10.4 Å². The molecule has 1 aromatic carbocycles. The van der Waals surface area contributed by atoms with Gasteiger partial charge in [-0.1, -0.05) is 11.6 Å². The second-order valence-corrected chi connectivity index (χ2v) is 3.96. The number of methoxy groups -OCH3 is 1. The Morgan fingerprint density at radius 1 is 1.32 bits per heavy atom. The van der Waals surface area contributed by atoms with Crippen molar-refractivity contribution in [2.24, 2.45) is 0 Å². The molecule has 0 saturated heterocycles. The topological polar surface area (TPSA) is 90.1 Å². The van der Waals surface area contributed by atoms with Crippen LogP contribution in [0.4, 0.5) is 17.5 Å². The summed E-state index contributed by atoms with van der Waals surface area (Å²) in [5, 5.41) is 2.97. The van der Waals surface area contributed by atoms with E-state index in [1.807, 2.05) is 0 Å². The quantitative estimate of drug-likeness (QED) is 0.659. The summed E-state index contributed by atoms with van der Waals surface area (Å²) < 4.78 is 5.05. The third kappa shape index (κ3) is 2.92. The summed E-state index contributed by atoms with van der Waals surface area (Å²) in [6.07, 6.45) is 0.577. The Kier molecular flexibility index (Phi) is 3.82. The molecule has 3 N–H and O–H groups in total. The highest BCUT2D eigenvalue weighted by atomic mass is 35.5. The van der Waals surface area contributed by atoms with Crippen molar-refractivity contribution in [3.8, 4) is 5.75 Å². The molecule has 0 atom stereocenters. The molecular weight excluding hydrogens is 268 g/mol. The van der Waals surface area contributed by atoms with Crippen molar-refractivity contribution in [3.05, 3.63) is 35.0 Å². The SMILES string of the molecule is COc1ccc(Nc2nc(N)nc(Cl)c2C=O)cc1. The second-order valence-electron chi connectivity index (χ2n) is 3.61. The van der Waals surface area contributed by atoms with E-state index >= 15 is 0 Å². The average molecular weight is 279 g/mol. The molecule has 98 valence electrons. The Bertz CT molecular complexity index is 601. The van der Waals surface area contributed by atoms with Crippen LogP contribution in [0.2, 0.25) is 5.15 Å². The van der Waals surface area contributed by atoms with E-state index in [0.29, 0.717) is 6.29 Å². The number of anilines is 3. The number of nitrogen functional groups attached to an aromatic ring is 1. The highest BCUT2D eigenvalue weighted by molar-refractivity contribution is 6.32. The van der Waals surface area contributed by atoms with Crippen LogP contribution in [0.5, 0.6) is 5.75 Å². The first-order valence-electron chi connectivity index (χ1n) is 5.33. The van der Waals surface area contributed by atoms with E-state index in [1.54, 1.807) is 31.4 Å². The van der Waals surface area contributed by atoms with Crippen molar-refractivity contribution < 1.29 is 9.53 Å². The largest absolute Gasteiger partial charge is 0.497 e. The number of carbonyl (C=O) groups excluding carboxylic acids is 1. The van der Waals surface area contributed by atoms with Crippen LogP contribution in [0.15, 0.2) is 24.3 Å². The van der Waals surface area contributed by atoms with Crippen LogP contribution in [0, 0.1) is 0 Å². The van der Waals surface area contributed by atoms with E-state index in [0.717, 1.165) is 11.4 Å². The smallest absolute Gasteiger partial charge is 0.223 e. The number of aldehydes is 1. The number of rotatable bonds is 4. The number of ether oxygens (including phenoxy) is 1. The summed E-state index contributed by atoms with van der Waals surface area (Å²) in [5.41, 5.74) is 6.38. The van der Waals surface area contributed by atoms with Crippen LogP contribution in [0.3, 0.4) is 0 Å². The molecule has 0 aliphatic rings. The summed E-state index contributed by atoms with van der Waals surface area (Å²) in [7, 11) is 1.58. The minimum atomic E-state index is -0.00777. The van der Waals surface area contributed by atoms with E-state index < -0.39 is 0 Å². The zero-order valence-electron chi connectivity index (χ0n) is 10.1. The lowest BCUT2D eigenvalue weighted by atomic mass is 10.2. The van der Waals surface area contributed by atoms with Crippen LogP contribution >= 0.6 is 11.6 Å². The molecule has 1 heterocycles. The predicted octanol–water partition coefficient (Wildman–Crippen LogP) is 2.28. The summed E-state index contributed by atoms with van der Waals surface area (Å²) in [6, 6.07) is 7.10. The molecule has 2 rings (SSSR count). The van der Waals surface area contributed by atoms with Gasteiger partial charge in [0.25, 0.3) is 0 Å². The number of nitrogens with zero attached hydrogens (tertiary/aromatic N) is 2. The molecule has 0 bridgehead atoms. The van der Waals surface area contributed by atoms with Crippen LogP contribution in [-0.4, -0.2) is 23.4 Å². The van der Waals surface area contributed by atoms with Crippen molar-refractivity contribution >= 4 is 35.3 Å². The molecule has 0 unspecified atom stereocenters. The van der Waals surface area contributed by atoms with Crippen molar-refractivity contribution in [2.45, 2.75) is 0 Å². The molecule has 19 heavy (non-hydrogen) atoms. The average Bonchev–Trinajstić information content (AvgIpc) is 2.39. The van der Waals surface area contributed by atoms with Crippen molar-refractivity contribution in [2.75, 3.05) is 18.2 Å². The predicted molar refractivity (Wildman–Crippen MR) is 73.1 cm³/mol. The Labute approximate surface area is 114 Å². The highest BCUT2D eigenvalue weighted by Gasteiger charge is 2.11. The van der Waals surface area contributed by atoms with Crippen molar-refractivity contribution in [1.29, 1.82) is 0 Å². The maximum absolute atomic E-state index is 11.0. The minimum Gasteiger partial charge on any atom is -0.497 e. The first-order chi connectivity index (χ1) is 9.13.